The second kappa shape index (κ2) is 3.38. The van der Waals surface area contributed by atoms with Crippen molar-refractivity contribution < 1.29 is 8.49 Å². The second-order valence-electron chi connectivity index (χ2n) is 3.45. The van der Waals surface area contributed by atoms with Crippen LogP contribution >= 0.6 is 21.4 Å². The van der Waals surface area contributed by atoms with E-state index in [-0.39, 0.29) is 0 Å². The summed E-state index contributed by atoms with van der Waals surface area (Å²) in [6, 6.07) is 8.86. The predicted octanol–water partition coefficient (Wildman–Crippen LogP) is 2.54. The van der Waals surface area contributed by atoms with Crippen LogP contribution in [0.1, 0.15) is 5.56 Å². The van der Waals surface area contributed by atoms with Gasteiger partial charge in [0.2, 0.25) is 0 Å². The summed E-state index contributed by atoms with van der Waals surface area (Å²) in [6.07, 6.45) is 1.06. The van der Waals surface area contributed by atoms with Crippen molar-refractivity contribution in [3.63, 3.8) is 0 Å². The number of para-hydroxylation sites is 1. The number of hydrogen-bond acceptors (Lipinski definition) is 4. The van der Waals surface area contributed by atoms with E-state index >= 15 is 0 Å². The summed E-state index contributed by atoms with van der Waals surface area (Å²) in [5, 5.41) is 0. The molecule has 2 aliphatic rings. The Balaban J connectivity index is 2.02. The minimum atomic E-state index is -0.972. The van der Waals surface area contributed by atoms with Gasteiger partial charge in [-0.1, -0.05) is 18.2 Å². The van der Waals surface area contributed by atoms with Crippen molar-refractivity contribution in [1.82, 2.24) is 0 Å². The van der Waals surface area contributed by atoms with Gasteiger partial charge >= 0.3 is 8.53 Å². The molecule has 2 heterocycles. The van der Waals surface area contributed by atoms with Gasteiger partial charge in [-0.05, 0) is 31.0 Å². The fourth-order valence-electron chi connectivity index (χ4n) is 2.07. The van der Waals surface area contributed by atoms with Crippen LogP contribution in [0.4, 0.5) is 5.69 Å². The van der Waals surface area contributed by atoms with E-state index in [9.17, 15) is 0 Å². The maximum Gasteiger partial charge on any atom is 0.302 e. The van der Waals surface area contributed by atoms with Crippen molar-refractivity contribution in [3.8, 4) is 0 Å². The molecule has 0 radical (unpaired) electrons. The van der Waals surface area contributed by atoms with Gasteiger partial charge in [0.1, 0.15) is 0 Å². The number of benzene rings is 1. The van der Waals surface area contributed by atoms with Crippen LogP contribution in [0, 0.1) is 0 Å². The quantitative estimate of drug-likeness (QED) is 0.452. The Kier molecular flexibility index (Phi) is 2.17. The van der Waals surface area contributed by atoms with Gasteiger partial charge in [-0.25, -0.2) is 3.97 Å². The van der Waals surface area contributed by atoms with E-state index in [2.05, 4.69) is 35.8 Å². The first-order chi connectivity index (χ1) is 6.90. The number of rotatable bonds is 1. The van der Waals surface area contributed by atoms with Crippen LogP contribution in [-0.2, 0) is 14.9 Å². The molecule has 1 aromatic carbocycles. The highest BCUT2D eigenvalue weighted by atomic mass is 32.1. The predicted molar refractivity (Wildman–Crippen MR) is 59.4 cm³/mol. The van der Waals surface area contributed by atoms with E-state index in [1.807, 2.05) is 6.07 Å². The van der Waals surface area contributed by atoms with Crippen LogP contribution < -0.4 is 4.67 Å². The molecule has 1 unspecified atom stereocenters. The summed E-state index contributed by atoms with van der Waals surface area (Å²) in [5.41, 5.74) is 2.63. The van der Waals surface area contributed by atoms with Crippen molar-refractivity contribution in [2.24, 2.45) is 0 Å². The van der Waals surface area contributed by atoms with Gasteiger partial charge in [-0.2, -0.15) is 0 Å². The average molecular weight is 227 g/mol. The average Bonchev–Trinajstić information content (AvgIpc) is 2.75. The Morgan fingerprint density at radius 2 is 2.36 bits per heavy atom. The molecule has 2 aliphatic heterocycles. The first-order valence-electron chi connectivity index (χ1n) is 4.52. The smallest absolute Gasteiger partial charge is 0.302 e. The van der Waals surface area contributed by atoms with Gasteiger partial charge in [-0.3, -0.25) is 4.67 Å². The molecule has 14 heavy (non-hydrogen) atoms. The molecular formula is C9H10NO2PS. The summed E-state index contributed by atoms with van der Waals surface area (Å²) in [4.78, 5) is 0. The Hall–Kier alpha value is -0.280. The molecule has 3 nitrogen and oxygen atoms in total. The Labute approximate surface area is 89.6 Å². The van der Waals surface area contributed by atoms with Crippen LogP contribution in [0.15, 0.2) is 24.3 Å². The lowest BCUT2D eigenvalue weighted by molar-refractivity contribution is 0.342. The molecule has 1 aromatic rings. The molecule has 5 heteroatoms. The lowest BCUT2D eigenvalue weighted by atomic mass is 10.1. The molecule has 2 atom stereocenters. The van der Waals surface area contributed by atoms with Gasteiger partial charge in [0.15, 0.2) is 0 Å². The van der Waals surface area contributed by atoms with Gasteiger partial charge in [0.05, 0.1) is 12.6 Å². The standard InChI is InChI=1S/C9H10NO2PS/c14-12-13-10-8(6-11-13)5-7-3-1-2-4-9(7)10/h1-4,8,14H,5-6H2/t8?,13-/m0/s1. The lowest BCUT2D eigenvalue weighted by Gasteiger charge is -2.20. The van der Waals surface area contributed by atoms with E-state index in [1.54, 1.807) is 0 Å². The zero-order chi connectivity index (χ0) is 9.54. The molecule has 74 valence electrons. The number of anilines is 1. The molecule has 1 saturated heterocycles. The molecule has 1 fully saturated rings. The molecular weight excluding hydrogens is 217 g/mol. The third kappa shape index (κ3) is 1.18. The largest absolute Gasteiger partial charge is 0.315 e. The molecule has 0 aromatic heterocycles. The highest BCUT2D eigenvalue weighted by Crippen LogP contribution is 2.56. The number of nitrogens with zero attached hydrogens (tertiary/aromatic N) is 1. The maximum absolute atomic E-state index is 5.52. The highest BCUT2D eigenvalue weighted by Gasteiger charge is 2.42. The summed E-state index contributed by atoms with van der Waals surface area (Å²) in [5.74, 6) is 0. The van der Waals surface area contributed by atoms with E-state index in [1.165, 1.54) is 11.3 Å². The van der Waals surface area contributed by atoms with Gasteiger partial charge in [0, 0.05) is 5.69 Å². The lowest BCUT2D eigenvalue weighted by Crippen LogP contribution is -2.22. The number of thiol groups is 1. The van der Waals surface area contributed by atoms with Crippen molar-refractivity contribution in [3.05, 3.63) is 29.8 Å². The van der Waals surface area contributed by atoms with E-state index in [0.29, 0.717) is 6.04 Å². The van der Waals surface area contributed by atoms with Gasteiger partial charge in [-0.15, -0.1) is 0 Å². The number of fused-ring (bicyclic) bond motifs is 3. The Morgan fingerprint density at radius 1 is 1.50 bits per heavy atom. The normalized spacial score (nSPS) is 29.1. The molecule has 0 amide bonds. The SMILES string of the molecule is SO[P@]1OCC2Cc3ccccc3N21. The molecule has 0 aliphatic carbocycles. The third-order valence-corrected chi connectivity index (χ3v) is 4.49. The third-order valence-electron chi connectivity index (χ3n) is 2.66. The summed E-state index contributed by atoms with van der Waals surface area (Å²) in [7, 11) is -0.972. The van der Waals surface area contributed by atoms with Crippen LogP contribution in [0.3, 0.4) is 0 Å². The minimum absolute atomic E-state index is 0.450. The van der Waals surface area contributed by atoms with Gasteiger partial charge < -0.3 is 4.52 Å². The maximum atomic E-state index is 5.52. The Morgan fingerprint density at radius 3 is 3.21 bits per heavy atom. The number of hydrogen-bond donors (Lipinski definition) is 1. The topological polar surface area (TPSA) is 21.7 Å². The van der Waals surface area contributed by atoms with Gasteiger partial charge in [0.25, 0.3) is 0 Å². The first-order valence-corrected chi connectivity index (χ1v) is 6.01. The Bertz CT molecular complexity index is 360. The molecule has 0 spiro atoms. The summed E-state index contributed by atoms with van der Waals surface area (Å²) < 4.78 is 12.8. The van der Waals surface area contributed by atoms with E-state index in [4.69, 9.17) is 8.49 Å². The van der Waals surface area contributed by atoms with Crippen molar-refractivity contribution >= 4 is 27.1 Å². The van der Waals surface area contributed by atoms with Crippen LogP contribution in [-0.4, -0.2) is 12.6 Å². The summed E-state index contributed by atoms with van der Waals surface area (Å²) in [6.45, 7) is 0.751. The fourth-order valence-corrected chi connectivity index (χ4v) is 3.78. The van der Waals surface area contributed by atoms with Crippen molar-refractivity contribution in [2.75, 3.05) is 11.3 Å². The zero-order valence-corrected chi connectivity index (χ0v) is 9.25. The minimum Gasteiger partial charge on any atom is -0.315 e. The highest BCUT2D eigenvalue weighted by molar-refractivity contribution is 7.80. The van der Waals surface area contributed by atoms with Crippen molar-refractivity contribution in [1.29, 1.82) is 0 Å². The van der Waals surface area contributed by atoms with E-state index < -0.39 is 8.53 Å². The van der Waals surface area contributed by atoms with E-state index in [0.717, 1.165) is 13.0 Å². The van der Waals surface area contributed by atoms with Crippen LogP contribution in [0.2, 0.25) is 0 Å². The molecule has 0 saturated carbocycles. The first kappa shape index (κ1) is 8.98. The zero-order valence-electron chi connectivity index (χ0n) is 7.46. The molecule has 0 bridgehead atoms. The second-order valence-corrected chi connectivity index (χ2v) is 5.26. The fraction of sp³-hybridized carbons (Fsp3) is 0.333. The molecule has 0 N–H and O–H groups in total. The summed E-state index contributed by atoms with van der Waals surface area (Å²) >= 11 is 3.85. The van der Waals surface area contributed by atoms with Crippen molar-refractivity contribution in [2.45, 2.75) is 12.5 Å². The molecule has 3 rings (SSSR count). The van der Waals surface area contributed by atoms with Crippen LogP contribution in [0.5, 0.6) is 0 Å². The monoisotopic (exact) mass is 227 g/mol. The van der Waals surface area contributed by atoms with Crippen LogP contribution in [0.25, 0.3) is 0 Å².